The summed E-state index contributed by atoms with van der Waals surface area (Å²) in [4.78, 5) is 0. The van der Waals surface area contributed by atoms with Crippen molar-refractivity contribution in [2.24, 2.45) is 5.41 Å². The van der Waals surface area contributed by atoms with Crippen LogP contribution < -0.4 is 14.2 Å². The van der Waals surface area contributed by atoms with Crippen molar-refractivity contribution in [3.63, 3.8) is 0 Å². The number of alkyl halides is 1. The van der Waals surface area contributed by atoms with E-state index in [1.807, 2.05) is 12.1 Å². The summed E-state index contributed by atoms with van der Waals surface area (Å²) in [7, 11) is 4.84. The molecule has 0 saturated heterocycles. The number of halogens is 1. The Balaban J connectivity index is 3.40. The van der Waals surface area contributed by atoms with Crippen molar-refractivity contribution >= 4 is 11.6 Å². The summed E-state index contributed by atoms with van der Waals surface area (Å²) in [5.41, 5.74) is 0.756. The number of methoxy groups -OCH3 is 3. The van der Waals surface area contributed by atoms with Gasteiger partial charge in [0.1, 0.15) is 17.2 Å². The van der Waals surface area contributed by atoms with Crippen LogP contribution in [0.4, 0.5) is 0 Å². The maximum atomic E-state index is 6.54. The lowest BCUT2D eigenvalue weighted by Crippen LogP contribution is -2.15. The molecule has 18 heavy (non-hydrogen) atoms. The van der Waals surface area contributed by atoms with E-state index in [-0.39, 0.29) is 10.8 Å². The predicted molar refractivity (Wildman–Crippen MR) is 74.1 cm³/mol. The molecule has 0 fully saturated rings. The molecule has 0 aliphatic heterocycles. The van der Waals surface area contributed by atoms with Gasteiger partial charge in [-0.2, -0.15) is 0 Å². The van der Waals surface area contributed by atoms with E-state index in [0.717, 1.165) is 5.56 Å². The monoisotopic (exact) mass is 272 g/mol. The molecule has 102 valence electrons. The molecule has 1 rings (SSSR count). The van der Waals surface area contributed by atoms with Crippen molar-refractivity contribution in [1.82, 2.24) is 0 Å². The Morgan fingerprint density at radius 2 is 1.39 bits per heavy atom. The highest BCUT2D eigenvalue weighted by Gasteiger charge is 2.30. The molecule has 0 aliphatic rings. The summed E-state index contributed by atoms with van der Waals surface area (Å²) in [6.07, 6.45) is 0. The largest absolute Gasteiger partial charge is 0.496 e. The molecule has 3 nitrogen and oxygen atoms in total. The van der Waals surface area contributed by atoms with Crippen LogP contribution in [0.1, 0.15) is 31.7 Å². The number of rotatable bonds is 4. The lowest BCUT2D eigenvalue weighted by atomic mass is 9.86. The van der Waals surface area contributed by atoms with Gasteiger partial charge < -0.3 is 14.2 Å². The van der Waals surface area contributed by atoms with Crippen molar-refractivity contribution in [2.45, 2.75) is 26.1 Å². The summed E-state index contributed by atoms with van der Waals surface area (Å²) in [5.74, 6) is 2.05. The van der Waals surface area contributed by atoms with E-state index in [1.165, 1.54) is 0 Å². The molecule has 0 saturated carbocycles. The zero-order valence-electron chi connectivity index (χ0n) is 11.8. The Kier molecular flexibility index (Phi) is 4.74. The second kappa shape index (κ2) is 5.70. The highest BCUT2D eigenvalue weighted by atomic mass is 35.5. The molecule has 0 spiro atoms. The van der Waals surface area contributed by atoms with E-state index in [9.17, 15) is 0 Å². The summed E-state index contributed by atoms with van der Waals surface area (Å²) < 4.78 is 16.0. The minimum absolute atomic E-state index is 0.100. The molecule has 0 aromatic heterocycles. The fourth-order valence-corrected chi connectivity index (χ4v) is 1.93. The third-order valence-corrected chi connectivity index (χ3v) is 3.64. The molecule has 1 aromatic rings. The minimum Gasteiger partial charge on any atom is -0.496 e. The average molecular weight is 273 g/mol. The molecule has 1 atom stereocenters. The van der Waals surface area contributed by atoms with Crippen molar-refractivity contribution in [3.8, 4) is 17.2 Å². The van der Waals surface area contributed by atoms with E-state index in [4.69, 9.17) is 25.8 Å². The quantitative estimate of drug-likeness (QED) is 0.774. The Bertz CT molecular complexity index is 385. The van der Waals surface area contributed by atoms with Gasteiger partial charge in [0.15, 0.2) is 0 Å². The molecule has 0 radical (unpaired) electrons. The minimum atomic E-state index is -0.215. The van der Waals surface area contributed by atoms with Crippen LogP contribution in [-0.4, -0.2) is 21.3 Å². The first-order valence-corrected chi connectivity index (χ1v) is 6.22. The van der Waals surface area contributed by atoms with Gasteiger partial charge >= 0.3 is 0 Å². The molecule has 0 bridgehead atoms. The summed E-state index contributed by atoms with van der Waals surface area (Å²) >= 11 is 6.54. The highest BCUT2D eigenvalue weighted by molar-refractivity contribution is 6.21. The summed E-state index contributed by atoms with van der Waals surface area (Å²) in [6, 6.07) is 3.64. The van der Waals surface area contributed by atoms with Crippen molar-refractivity contribution in [2.75, 3.05) is 21.3 Å². The average Bonchev–Trinajstić information content (AvgIpc) is 2.34. The van der Waals surface area contributed by atoms with Crippen LogP contribution in [0.3, 0.4) is 0 Å². The molecule has 1 aromatic carbocycles. The van der Waals surface area contributed by atoms with Gasteiger partial charge in [-0.15, -0.1) is 11.6 Å². The van der Waals surface area contributed by atoms with Gasteiger partial charge in [-0.3, -0.25) is 0 Å². The maximum absolute atomic E-state index is 6.54. The number of hydrogen-bond acceptors (Lipinski definition) is 3. The van der Waals surface area contributed by atoms with E-state index in [2.05, 4.69) is 20.8 Å². The Morgan fingerprint density at radius 1 is 0.944 bits per heavy atom. The van der Waals surface area contributed by atoms with Crippen LogP contribution in [0.5, 0.6) is 17.2 Å². The van der Waals surface area contributed by atoms with Gasteiger partial charge in [-0.1, -0.05) is 20.8 Å². The Hall–Kier alpha value is -1.09. The third-order valence-electron chi connectivity index (χ3n) is 2.77. The first kappa shape index (κ1) is 15.0. The van der Waals surface area contributed by atoms with Crippen molar-refractivity contribution < 1.29 is 14.2 Å². The molecule has 4 heteroatoms. The lowest BCUT2D eigenvalue weighted by molar-refractivity contribution is 0.340. The number of benzene rings is 1. The highest BCUT2D eigenvalue weighted by Crippen LogP contribution is 2.48. The van der Waals surface area contributed by atoms with E-state index < -0.39 is 0 Å². The van der Waals surface area contributed by atoms with E-state index in [1.54, 1.807) is 21.3 Å². The summed E-state index contributed by atoms with van der Waals surface area (Å²) in [5, 5.41) is -0.215. The van der Waals surface area contributed by atoms with Crippen LogP contribution in [0, 0.1) is 5.41 Å². The molecule has 0 N–H and O–H groups in total. The van der Waals surface area contributed by atoms with Gasteiger partial charge in [0, 0.05) is 12.1 Å². The molecule has 0 aliphatic carbocycles. The van der Waals surface area contributed by atoms with Gasteiger partial charge in [0.05, 0.1) is 32.3 Å². The van der Waals surface area contributed by atoms with E-state index >= 15 is 0 Å². The van der Waals surface area contributed by atoms with Crippen molar-refractivity contribution in [1.29, 1.82) is 0 Å². The first-order valence-electron chi connectivity index (χ1n) is 5.79. The van der Waals surface area contributed by atoms with Crippen LogP contribution >= 0.6 is 11.6 Å². The second-order valence-electron chi connectivity index (χ2n) is 5.17. The third kappa shape index (κ3) is 3.02. The van der Waals surface area contributed by atoms with Gasteiger partial charge in [0.2, 0.25) is 0 Å². The van der Waals surface area contributed by atoms with Gasteiger partial charge in [-0.25, -0.2) is 0 Å². The fraction of sp³-hybridized carbons (Fsp3) is 0.571. The normalized spacial score (nSPS) is 13.1. The van der Waals surface area contributed by atoms with Crippen LogP contribution in [0.2, 0.25) is 0 Å². The molecule has 0 heterocycles. The number of ether oxygens (including phenoxy) is 3. The second-order valence-corrected chi connectivity index (χ2v) is 5.61. The standard InChI is InChI=1S/C14H21ClO3/c1-14(2,3)13(15)12-10(17-5)7-9(16-4)8-11(12)18-6/h7-8,13H,1-6H3. The van der Waals surface area contributed by atoms with Crippen LogP contribution in [0.25, 0.3) is 0 Å². The lowest BCUT2D eigenvalue weighted by Gasteiger charge is -2.28. The maximum Gasteiger partial charge on any atom is 0.130 e. The SMILES string of the molecule is COc1cc(OC)c(C(Cl)C(C)(C)C)c(OC)c1. The molecule has 0 amide bonds. The van der Waals surface area contributed by atoms with Gasteiger partial charge in [-0.05, 0) is 5.41 Å². The molecular formula is C14H21ClO3. The van der Waals surface area contributed by atoms with Crippen LogP contribution in [0.15, 0.2) is 12.1 Å². The fourth-order valence-electron chi connectivity index (χ4n) is 1.72. The smallest absolute Gasteiger partial charge is 0.130 e. The zero-order valence-corrected chi connectivity index (χ0v) is 12.6. The predicted octanol–water partition coefficient (Wildman–Crippen LogP) is 4.04. The van der Waals surface area contributed by atoms with Crippen molar-refractivity contribution in [3.05, 3.63) is 17.7 Å². The van der Waals surface area contributed by atoms with Gasteiger partial charge in [0.25, 0.3) is 0 Å². The topological polar surface area (TPSA) is 27.7 Å². The zero-order chi connectivity index (χ0) is 13.9. The first-order chi connectivity index (χ1) is 8.35. The molecule has 1 unspecified atom stereocenters. The Morgan fingerprint density at radius 3 is 1.67 bits per heavy atom. The van der Waals surface area contributed by atoms with E-state index in [0.29, 0.717) is 17.2 Å². The summed E-state index contributed by atoms with van der Waals surface area (Å²) in [6.45, 7) is 6.23. The molecular weight excluding hydrogens is 252 g/mol. The number of hydrogen-bond donors (Lipinski definition) is 0. The van der Waals surface area contributed by atoms with Crippen LogP contribution in [-0.2, 0) is 0 Å². The Labute approximate surface area is 114 Å².